The van der Waals surface area contributed by atoms with Crippen LogP contribution in [0.15, 0.2) is 52.4 Å². The van der Waals surface area contributed by atoms with Gasteiger partial charge in [0.2, 0.25) is 0 Å². The molecule has 0 bridgehead atoms. The van der Waals surface area contributed by atoms with Gasteiger partial charge in [-0.05, 0) is 37.6 Å². The highest BCUT2D eigenvalue weighted by Gasteiger charge is 2.02. The lowest BCUT2D eigenvalue weighted by Crippen LogP contribution is -1.98. The molecule has 17 heavy (non-hydrogen) atoms. The number of rotatable bonds is 4. The minimum atomic E-state index is 0.894. The smallest absolute Gasteiger partial charge is 0.127 e. The molecule has 1 N–H and O–H groups in total. The first kappa shape index (κ1) is 12.0. The number of aromatic nitrogens is 1. The second kappa shape index (κ2) is 5.73. The van der Waals surface area contributed by atoms with Crippen molar-refractivity contribution >= 4 is 17.6 Å². The average molecular weight is 244 g/mol. The molecule has 0 aliphatic carbocycles. The summed E-state index contributed by atoms with van der Waals surface area (Å²) in [5.74, 6) is 0.936. The van der Waals surface area contributed by atoms with E-state index in [-0.39, 0.29) is 0 Å². The van der Waals surface area contributed by atoms with Crippen molar-refractivity contribution in [2.45, 2.75) is 23.8 Å². The fraction of sp³-hybridized carbons (Fsp3) is 0.214. The number of nitrogens with zero attached hydrogens (tertiary/aromatic N) is 1. The lowest BCUT2D eigenvalue weighted by atomic mass is 10.2. The Hall–Kier alpha value is -1.48. The third-order valence-corrected chi connectivity index (χ3v) is 3.50. The number of benzene rings is 1. The van der Waals surface area contributed by atoms with Crippen molar-refractivity contribution in [1.82, 2.24) is 4.98 Å². The molecule has 3 heteroatoms. The van der Waals surface area contributed by atoms with Crippen LogP contribution in [0.5, 0.6) is 0 Å². The fourth-order valence-corrected chi connectivity index (χ4v) is 2.43. The molecule has 88 valence electrons. The Kier molecular flexibility index (Phi) is 4.04. The van der Waals surface area contributed by atoms with E-state index in [1.165, 1.54) is 10.5 Å². The molecular formula is C14H16N2S. The van der Waals surface area contributed by atoms with Gasteiger partial charge in [0.1, 0.15) is 10.8 Å². The summed E-state index contributed by atoms with van der Waals surface area (Å²) in [6.45, 7) is 5.09. The van der Waals surface area contributed by atoms with E-state index in [1.54, 1.807) is 11.8 Å². The maximum Gasteiger partial charge on any atom is 0.127 e. The van der Waals surface area contributed by atoms with E-state index in [4.69, 9.17) is 0 Å². The third kappa shape index (κ3) is 3.24. The summed E-state index contributed by atoms with van der Waals surface area (Å²) in [6, 6.07) is 14.4. The van der Waals surface area contributed by atoms with E-state index in [0.29, 0.717) is 0 Å². The summed E-state index contributed by atoms with van der Waals surface area (Å²) in [7, 11) is 0. The first-order chi connectivity index (χ1) is 8.29. The molecule has 1 aromatic heterocycles. The predicted octanol–water partition coefficient (Wildman–Crippen LogP) is 3.97. The van der Waals surface area contributed by atoms with Gasteiger partial charge in [-0.2, -0.15) is 0 Å². The van der Waals surface area contributed by atoms with Crippen molar-refractivity contribution in [1.29, 1.82) is 0 Å². The summed E-state index contributed by atoms with van der Waals surface area (Å²) in [4.78, 5) is 5.81. The molecule has 0 spiro atoms. The van der Waals surface area contributed by atoms with Crippen LogP contribution in [0.3, 0.4) is 0 Å². The lowest BCUT2D eigenvalue weighted by Gasteiger charge is -2.06. The zero-order valence-corrected chi connectivity index (χ0v) is 10.9. The Morgan fingerprint density at radius 3 is 2.71 bits per heavy atom. The largest absolute Gasteiger partial charge is 0.370 e. The first-order valence-electron chi connectivity index (χ1n) is 5.74. The quantitative estimate of drug-likeness (QED) is 0.880. The minimum Gasteiger partial charge on any atom is -0.370 e. The molecule has 1 heterocycles. The van der Waals surface area contributed by atoms with E-state index in [1.807, 2.05) is 18.2 Å². The van der Waals surface area contributed by atoms with Crippen molar-refractivity contribution in [2.75, 3.05) is 11.9 Å². The van der Waals surface area contributed by atoms with Gasteiger partial charge < -0.3 is 5.32 Å². The summed E-state index contributed by atoms with van der Waals surface area (Å²) in [6.07, 6.45) is 0. The number of hydrogen-bond donors (Lipinski definition) is 1. The predicted molar refractivity (Wildman–Crippen MR) is 73.7 cm³/mol. The van der Waals surface area contributed by atoms with E-state index in [9.17, 15) is 0 Å². The van der Waals surface area contributed by atoms with Crippen LogP contribution in [0, 0.1) is 6.92 Å². The van der Waals surface area contributed by atoms with Crippen LogP contribution in [0.25, 0.3) is 0 Å². The van der Waals surface area contributed by atoms with Gasteiger partial charge in [-0.25, -0.2) is 4.98 Å². The van der Waals surface area contributed by atoms with E-state index in [0.717, 1.165) is 17.4 Å². The number of pyridine rings is 1. The molecule has 0 saturated carbocycles. The number of hydrogen-bond acceptors (Lipinski definition) is 3. The van der Waals surface area contributed by atoms with Crippen molar-refractivity contribution < 1.29 is 0 Å². The molecule has 0 atom stereocenters. The van der Waals surface area contributed by atoms with Crippen molar-refractivity contribution in [3.63, 3.8) is 0 Å². The Bertz CT molecular complexity index is 497. The van der Waals surface area contributed by atoms with Gasteiger partial charge in [-0.1, -0.05) is 36.0 Å². The zero-order valence-electron chi connectivity index (χ0n) is 10.1. The third-order valence-electron chi connectivity index (χ3n) is 2.39. The molecule has 2 aromatic rings. The summed E-state index contributed by atoms with van der Waals surface area (Å²) < 4.78 is 0. The zero-order chi connectivity index (χ0) is 12.1. The van der Waals surface area contributed by atoms with Gasteiger partial charge in [-0.15, -0.1) is 0 Å². The Morgan fingerprint density at radius 1 is 1.12 bits per heavy atom. The van der Waals surface area contributed by atoms with Crippen LogP contribution in [0.1, 0.15) is 12.5 Å². The Morgan fingerprint density at radius 2 is 1.94 bits per heavy atom. The number of anilines is 1. The van der Waals surface area contributed by atoms with Crippen molar-refractivity contribution in [3.05, 3.63) is 48.0 Å². The first-order valence-corrected chi connectivity index (χ1v) is 6.55. The van der Waals surface area contributed by atoms with Gasteiger partial charge >= 0.3 is 0 Å². The normalized spacial score (nSPS) is 10.2. The molecule has 0 saturated heterocycles. The van der Waals surface area contributed by atoms with E-state index >= 15 is 0 Å². The second-order valence-corrected chi connectivity index (χ2v) is 4.82. The van der Waals surface area contributed by atoms with Crippen LogP contribution < -0.4 is 5.32 Å². The second-order valence-electron chi connectivity index (χ2n) is 3.76. The van der Waals surface area contributed by atoms with Gasteiger partial charge in [0.15, 0.2) is 0 Å². The van der Waals surface area contributed by atoms with Gasteiger partial charge in [-0.3, -0.25) is 0 Å². The monoisotopic (exact) mass is 244 g/mol. The highest BCUT2D eigenvalue weighted by Crippen LogP contribution is 2.29. The molecular weight excluding hydrogens is 228 g/mol. The highest BCUT2D eigenvalue weighted by atomic mass is 32.2. The van der Waals surface area contributed by atoms with E-state index < -0.39 is 0 Å². The van der Waals surface area contributed by atoms with Crippen LogP contribution in [-0.2, 0) is 0 Å². The van der Waals surface area contributed by atoms with E-state index in [2.05, 4.69) is 48.4 Å². The molecule has 0 amide bonds. The van der Waals surface area contributed by atoms with Crippen molar-refractivity contribution in [3.8, 4) is 0 Å². The molecule has 2 nitrogen and oxygen atoms in total. The van der Waals surface area contributed by atoms with Crippen LogP contribution >= 0.6 is 11.8 Å². The molecule has 0 unspecified atom stereocenters. The Balaban J connectivity index is 2.18. The molecule has 0 aliphatic heterocycles. The van der Waals surface area contributed by atoms with Crippen LogP contribution in [0.2, 0.25) is 0 Å². The topological polar surface area (TPSA) is 24.9 Å². The lowest BCUT2D eigenvalue weighted by molar-refractivity contribution is 1.08. The van der Waals surface area contributed by atoms with Crippen LogP contribution in [-0.4, -0.2) is 11.5 Å². The maximum absolute atomic E-state index is 4.55. The SMILES string of the molecule is CCNc1cccc(Sc2ccccc2C)n1. The molecule has 2 rings (SSSR count). The number of nitrogens with one attached hydrogen (secondary N) is 1. The number of aryl methyl sites for hydroxylation is 1. The molecule has 1 aromatic carbocycles. The van der Waals surface area contributed by atoms with Crippen LogP contribution in [0.4, 0.5) is 5.82 Å². The minimum absolute atomic E-state index is 0.894. The summed E-state index contributed by atoms with van der Waals surface area (Å²) in [5.41, 5.74) is 1.29. The van der Waals surface area contributed by atoms with Gasteiger partial charge in [0, 0.05) is 11.4 Å². The van der Waals surface area contributed by atoms with Gasteiger partial charge in [0.25, 0.3) is 0 Å². The molecule has 0 aliphatic rings. The average Bonchev–Trinajstić information content (AvgIpc) is 2.33. The molecule has 0 fully saturated rings. The molecule has 0 radical (unpaired) electrons. The Labute approximate surface area is 106 Å². The summed E-state index contributed by atoms with van der Waals surface area (Å²) >= 11 is 1.70. The standard InChI is InChI=1S/C14H16N2S/c1-3-15-13-9-6-10-14(16-13)17-12-8-5-4-7-11(12)2/h4-10H,3H2,1-2H3,(H,15,16). The summed E-state index contributed by atoms with van der Waals surface area (Å²) in [5, 5.41) is 4.25. The van der Waals surface area contributed by atoms with Crippen molar-refractivity contribution in [2.24, 2.45) is 0 Å². The fourth-order valence-electron chi connectivity index (χ4n) is 1.53. The maximum atomic E-state index is 4.55. The van der Waals surface area contributed by atoms with Gasteiger partial charge in [0.05, 0.1) is 0 Å². The highest BCUT2D eigenvalue weighted by molar-refractivity contribution is 7.99.